The zero-order chi connectivity index (χ0) is 20.6. The fourth-order valence-corrected chi connectivity index (χ4v) is 6.26. The largest absolute Gasteiger partial charge is 0.346 e. The second-order valence-corrected chi connectivity index (χ2v) is 12.1. The molecule has 1 unspecified atom stereocenters. The first kappa shape index (κ1) is 25.3. The number of rotatable bonds is 13. The Balaban J connectivity index is 2.76. The molecular weight excluding hydrogens is 443 g/mol. The van der Waals surface area contributed by atoms with Gasteiger partial charge in [-0.2, -0.15) is 16.8 Å². The second kappa shape index (κ2) is 11.4. The fourth-order valence-electron chi connectivity index (χ4n) is 2.51. The Morgan fingerprint density at radius 2 is 1.59 bits per heavy atom. The third-order valence-electron chi connectivity index (χ3n) is 3.59. The van der Waals surface area contributed by atoms with Gasteiger partial charge in [-0.25, -0.2) is 9.34 Å². The topological polar surface area (TPSA) is 120 Å². The summed E-state index contributed by atoms with van der Waals surface area (Å²) in [7, 11) is -10.4. The third kappa shape index (κ3) is 10.00. The summed E-state index contributed by atoms with van der Waals surface area (Å²) in [6.45, 7) is 1.70. The summed E-state index contributed by atoms with van der Waals surface area (Å²) in [4.78, 5) is 0. The molecule has 0 aromatic rings. The van der Waals surface area contributed by atoms with Crippen molar-refractivity contribution in [3.8, 4) is 0 Å². The van der Waals surface area contributed by atoms with E-state index < -0.39 is 27.9 Å². The van der Waals surface area contributed by atoms with Gasteiger partial charge < -0.3 is 4.52 Å². The van der Waals surface area contributed by atoms with E-state index in [1.54, 1.807) is 9.34 Å². The minimum atomic E-state index is -3.55. The number of hydrogen-bond donors (Lipinski definition) is 0. The lowest BCUT2D eigenvalue weighted by Gasteiger charge is -2.40. The van der Waals surface area contributed by atoms with E-state index in [0.29, 0.717) is 32.5 Å². The van der Waals surface area contributed by atoms with Crippen LogP contribution in [-0.4, -0.2) is 90.6 Å². The van der Waals surface area contributed by atoms with E-state index in [0.717, 1.165) is 18.9 Å². The molecule has 1 heterocycles. The van der Waals surface area contributed by atoms with Crippen molar-refractivity contribution in [2.24, 2.45) is 0 Å². The lowest BCUT2D eigenvalue weighted by molar-refractivity contribution is 0.161. The molecule has 0 radical (unpaired) electrons. The van der Waals surface area contributed by atoms with Crippen LogP contribution in [0.1, 0.15) is 19.3 Å². The standard InChI is InChI=1S/C13H28ClN2O8PS2/c1-26(18,19)23-12-4-8-15(9-5-13-24-27(2,20)21)25(17)16(10-6-14)7-3-11-22-25/h3-13H2,1-2H3. The third-order valence-corrected chi connectivity index (χ3v) is 7.70. The van der Waals surface area contributed by atoms with Crippen LogP contribution in [0.2, 0.25) is 0 Å². The van der Waals surface area contributed by atoms with Gasteiger partial charge in [0.15, 0.2) is 0 Å². The zero-order valence-electron chi connectivity index (χ0n) is 15.6. The molecule has 10 nitrogen and oxygen atoms in total. The predicted molar refractivity (Wildman–Crippen MR) is 103 cm³/mol. The molecule has 0 amide bonds. The minimum absolute atomic E-state index is 0.0509. The Hall–Kier alpha value is 0.220. The number of alkyl halides is 1. The molecule has 27 heavy (non-hydrogen) atoms. The average Bonchev–Trinajstić information content (AvgIpc) is 2.53. The maximum absolute atomic E-state index is 13.5. The Kier molecular flexibility index (Phi) is 10.7. The van der Waals surface area contributed by atoms with E-state index in [2.05, 4.69) is 0 Å². The molecule has 0 saturated carbocycles. The Morgan fingerprint density at radius 1 is 1.07 bits per heavy atom. The molecule has 1 aliphatic heterocycles. The van der Waals surface area contributed by atoms with Crippen molar-refractivity contribution in [3.63, 3.8) is 0 Å². The molecule has 1 fully saturated rings. The average molecular weight is 471 g/mol. The van der Waals surface area contributed by atoms with Crippen molar-refractivity contribution in [2.75, 3.05) is 64.4 Å². The molecule has 0 N–H and O–H groups in total. The summed E-state index contributed by atoms with van der Waals surface area (Å²) in [5.74, 6) is 0.287. The van der Waals surface area contributed by atoms with Crippen LogP contribution >= 0.6 is 19.3 Å². The Labute approximate surface area is 166 Å². The highest BCUT2D eigenvalue weighted by Crippen LogP contribution is 2.56. The molecule has 1 aliphatic rings. The Morgan fingerprint density at radius 3 is 2.04 bits per heavy atom. The second-order valence-electron chi connectivity index (χ2n) is 6.03. The van der Waals surface area contributed by atoms with Crippen molar-refractivity contribution < 1.29 is 34.3 Å². The minimum Gasteiger partial charge on any atom is -0.306 e. The van der Waals surface area contributed by atoms with Crippen LogP contribution in [0, 0.1) is 0 Å². The number of nitrogens with zero attached hydrogens (tertiary/aromatic N) is 2. The highest BCUT2D eigenvalue weighted by molar-refractivity contribution is 7.86. The molecule has 0 aromatic heterocycles. The van der Waals surface area contributed by atoms with Gasteiger partial charge in [-0.15, -0.1) is 11.6 Å². The molecule has 1 atom stereocenters. The van der Waals surface area contributed by atoms with Crippen LogP contribution in [0.3, 0.4) is 0 Å². The summed E-state index contributed by atoms with van der Waals surface area (Å²) < 4.78 is 76.1. The van der Waals surface area contributed by atoms with Crippen LogP contribution in [0.25, 0.3) is 0 Å². The monoisotopic (exact) mass is 470 g/mol. The van der Waals surface area contributed by atoms with Gasteiger partial charge in [0.1, 0.15) is 0 Å². The van der Waals surface area contributed by atoms with Gasteiger partial charge in [0.25, 0.3) is 20.2 Å². The molecule has 0 aliphatic carbocycles. The van der Waals surface area contributed by atoms with Gasteiger partial charge in [-0.05, 0) is 19.3 Å². The van der Waals surface area contributed by atoms with E-state index in [1.165, 1.54) is 0 Å². The maximum atomic E-state index is 13.5. The zero-order valence-corrected chi connectivity index (χ0v) is 18.9. The van der Waals surface area contributed by atoms with Gasteiger partial charge in [0.05, 0.1) is 32.3 Å². The lowest BCUT2D eigenvalue weighted by Crippen LogP contribution is -2.39. The molecule has 14 heteroatoms. The van der Waals surface area contributed by atoms with Crippen molar-refractivity contribution in [1.82, 2.24) is 9.34 Å². The summed E-state index contributed by atoms with van der Waals surface area (Å²) in [5, 5.41) is 0. The highest BCUT2D eigenvalue weighted by Gasteiger charge is 2.40. The molecule has 0 bridgehead atoms. The summed E-state index contributed by atoms with van der Waals surface area (Å²) in [6.07, 6.45) is 3.26. The van der Waals surface area contributed by atoms with Crippen molar-refractivity contribution >= 4 is 39.5 Å². The fraction of sp³-hybridized carbons (Fsp3) is 1.00. The molecule has 0 spiro atoms. The van der Waals surface area contributed by atoms with Crippen LogP contribution in [0.4, 0.5) is 0 Å². The van der Waals surface area contributed by atoms with Crippen LogP contribution in [-0.2, 0) is 37.7 Å². The molecular formula is C13H28ClN2O8PS2. The van der Waals surface area contributed by atoms with E-state index in [4.69, 9.17) is 24.5 Å². The quantitative estimate of drug-likeness (QED) is 0.167. The lowest BCUT2D eigenvalue weighted by atomic mass is 10.4. The first-order valence-electron chi connectivity index (χ1n) is 8.48. The highest BCUT2D eigenvalue weighted by atomic mass is 35.5. The van der Waals surface area contributed by atoms with Crippen molar-refractivity contribution in [2.45, 2.75) is 19.3 Å². The number of halogens is 1. The molecule has 162 valence electrons. The summed E-state index contributed by atoms with van der Waals surface area (Å²) in [6, 6.07) is 0. The SMILES string of the molecule is CS(=O)(=O)OCCCN(CCCOS(C)(=O)=O)P1(=O)OCCCN1CCCl. The van der Waals surface area contributed by atoms with Crippen molar-refractivity contribution in [3.05, 3.63) is 0 Å². The first-order chi connectivity index (χ1) is 12.5. The van der Waals surface area contributed by atoms with Gasteiger partial charge >= 0.3 is 7.67 Å². The molecule has 0 aromatic carbocycles. The maximum Gasteiger partial charge on any atom is 0.346 e. The number of hydrogen-bond acceptors (Lipinski definition) is 8. The van der Waals surface area contributed by atoms with Crippen molar-refractivity contribution in [1.29, 1.82) is 0 Å². The summed E-state index contributed by atoms with van der Waals surface area (Å²) in [5.41, 5.74) is 0. The van der Waals surface area contributed by atoms with E-state index in [-0.39, 0.29) is 32.2 Å². The van der Waals surface area contributed by atoms with E-state index in [1.807, 2.05) is 0 Å². The Bertz CT molecular complexity index is 661. The van der Waals surface area contributed by atoms with E-state index in [9.17, 15) is 21.4 Å². The van der Waals surface area contributed by atoms with Gasteiger partial charge in [-0.1, -0.05) is 0 Å². The van der Waals surface area contributed by atoms with Crippen LogP contribution in [0.5, 0.6) is 0 Å². The van der Waals surface area contributed by atoms with Gasteiger partial charge in [0, 0.05) is 32.1 Å². The normalized spacial score (nSPS) is 22.4. The van der Waals surface area contributed by atoms with Gasteiger partial charge in [0.2, 0.25) is 0 Å². The first-order valence-corrected chi connectivity index (χ1v) is 14.2. The summed E-state index contributed by atoms with van der Waals surface area (Å²) >= 11 is 5.81. The van der Waals surface area contributed by atoms with E-state index >= 15 is 0 Å². The predicted octanol–water partition coefficient (Wildman–Crippen LogP) is 1.09. The molecule has 1 saturated heterocycles. The van der Waals surface area contributed by atoms with Gasteiger partial charge in [-0.3, -0.25) is 12.9 Å². The van der Waals surface area contributed by atoms with Crippen LogP contribution < -0.4 is 0 Å². The molecule has 1 rings (SSSR count). The smallest absolute Gasteiger partial charge is 0.306 e. The van der Waals surface area contributed by atoms with Crippen LogP contribution in [0.15, 0.2) is 0 Å².